The number of hydrogen-bond donors (Lipinski definition) is 1. The average molecular weight is 180 g/mol. The molecule has 0 bridgehead atoms. The van der Waals surface area contributed by atoms with E-state index in [2.05, 4.69) is 16.9 Å². The van der Waals surface area contributed by atoms with Gasteiger partial charge in [-0.25, -0.2) is 4.98 Å². The Bertz CT molecular complexity index is 272. The fourth-order valence-electron chi connectivity index (χ4n) is 0.946. The minimum atomic E-state index is 0.285. The summed E-state index contributed by atoms with van der Waals surface area (Å²) in [5.41, 5.74) is 0.961. The van der Waals surface area contributed by atoms with Crippen LogP contribution in [0, 0.1) is 13.8 Å². The van der Waals surface area contributed by atoms with Crippen molar-refractivity contribution < 1.29 is 4.42 Å². The molecule has 1 aromatic heterocycles. The van der Waals surface area contributed by atoms with Gasteiger partial charge in [0.1, 0.15) is 5.76 Å². The summed E-state index contributed by atoms with van der Waals surface area (Å²) in [6, 6.07) is 0.285. The Morgan fingerprint density at radius 1 is 1.62 bits per heavy atom. The number of nitrogens with one attached hydrogen (secondary N) is 1. The highest BCUT2D eigenvalue weighted by atomic mass is 16.4. The van der Waals surface area contributed by atoms with Crippen LogP contribution in [-0.4, -0.2) is 11.0 Å². The Morgan fingerprint density at radius 3 is 2.77 bits per heavy atom. The third kappa shape index (κ3) is 2.70. The van der Waals surface area contributed by atoms with Gasteiger partial charge in [-0.15, -0.1) is 6.58 Å². The number of aromatic nitrogens is 1. The van der Waals surface area contributed by atoms with Gasteiger partial charge in [-0.05, 0) is 20.8 Å². The maximum atomic E-state index is 5.40. The SMILES string of the molecule is C=CC(C)NCc1nc(C)c(C)o1. The standard InChI is InChI=1S/C10H16N2O/c1-5-7(2)11-6-10-12-8(3)9(4)13-10/h5,7,11H,1,6H2,2-4H3. The fraction of sp³-hybridized carbons (Fsp3) is 0.500. The Morgan fingerprint density at radius 2 is 2.31 bits per heavy atom. The van der Waals surface area contributed by atoms with E-state index in [0.717, 1.165) is 17.3 Å². The van der Waals surface area contributed by atoms with Gasteiger partial charge < -0.3 is 9.73 Å². The van der Waals surface area contributed by atoms with Gasteiger partial charge in [0.05, 0.1) is 12.2 Å². The van der Waals surface area contributed by atoms with Crippen molar-refractivity contribution in [3.8, 4) is 0 Å². The van der Waals surface area contributed by atoms with E-state index in [4.69, 9.17) is 4.42 Å². The normalized spacial score (nSPS) is 12.8. The largest absolute Gasteiger partial charge is 0.444 e. The van der Waals surface area contributed by atoms with Crippen molar-refractivity contribution >= 4 is 0 Å². The molecule has 72 valence electrons. The van der Waals surface area contributed by atoms with Crippen molar-refractivity contribution in [1.82, 2.24) is 10.3 Å². The maximum Gasteiger partial charge on any atom is 0.208 e. The number of aryl methyl sites for hydroxylation is 2. The highest BCUT2D eigenvalue weighted by molar-refractivity contribution is 5.05. The smallest absolute Gasteiger partial charge is 0.208 e. The maximum absolute atomic E-state index is 5.40. The summed E-state index contributed by atoms with van der Waals surface area (Å²) in [7, 11) is 0. The lowest BCUT2D eigenvalue weighted by Crippen LogP contribution is -2.23. The van der Waals surface area contributed by atoms with E-state index in [0.29, 0.717) is 6.54 Å². The lowest BCUT2D eigenvalue weighted by molar-refractivity contribution is 0.442. The molecule has 0 aromatic carbocycles. The first-order valence-corrected chi connectivity index (χ1v) is 4.42. The molecule has 1 rings (SSSR count). The van der Waals surface area contributed by atoms with E-state index >= 15 is 0 Å². The number of oxazole rings is 1. The second kappa shape index (κ2) is 4.23. The third-order valence-corrected chi connectivity index (χ3v) is 2.00. The molecule has 0 radical (unpaired) electrons. The first kappa shape index (κ1) is 9.99. The van der Waals surface area contributed by atoms with Crippen LogP contribution in [0.5, 0.6) is 0 Å². The monoisotopic (exact) mass is 180 g/mol. The minimum Gasteiger partial charge on any atom is -0.444 e. The molecule has 1 aromatic rings. The van der Waals surface area contributed by atoms with Crippen LogP contribution in [0.25, 0.3) is 0 Å². The van der Waals surface area contributed by atoms with Crippen LogP contribution in [0.15, 0.2) is 17.1 Å². The molecule has 0 saturated heterocycles. The molecule has 1 N–H and O–H groups in total. The average Bonchev–Trinajstić information content (AvgIpc) is 2.42. The van der Waals surface area contributed by atoms with Crippen LogP contribution < -0.4 is 5.32 Å². The molecule has 0 amide bonds. The number of rotatable bonds is 4. The van der Waals surface area contributed by atoms with E-state index in [-0.39, 0.29) is 6.04 Å². The Kier molecular flexibility index (Phi) is 3.25. The molecule has 3 heteroatoms. The van der Waals surface area contributed by atoms with Gasteiger partial charge in [-0.2, -0.15) is 0 Å². The topological polar surface area (TPSA) is 38.1 Å². The minimum absolute atomic E-state index is 0.285. The second-order valence-electron chi connectivity index (χ2n) is 3.15. The van der Waals surface area contributed by atoms with Gasteiger partial charge in [0.15, 0.2) is 0 Å². The molecule has 1 atom stereocenters. The lowest BCUT2D eigenvalue weighted by Gasteiger charge is -2.05. The first-order valence-electron chi connectivity index (χ1n) is 4.42. The molecule has 0 aliphatic carbocycles. The van der Waals surface area contributed by atoms with E-state index < -0.39 is 0 Å². The summed E-state index contributed by atoms with van der Waals surface area (Å²) in [5, 5.41) is 3.21. The van der Waals surface area contributed by atoms with E-state index in [1.165, 1.54) is 0 Å². The van der Waals surface area contributed by atoms with Crippen LogP contribution >= 0.6 is 0 Å². The Balaban J connectivity index is 2.50. The predicted molar refractivity (Wildman–Crippen MR) is 52.5 cm³/mol. The van der Waals surface area contributed by atoms with Gasteiger partial charge in [-0.3, -0.25) is 0 Å². The first-order chi connectivity index (χ1) is 6.13. The summed E-state index contributed by atoms with van der Waals surface area (Å²) in [4.78, 5) is 4.25. The van der Waals surface area contributed by atoms with Crippen LogP contribution in [-0.2, 0) is 6.54 Å². The van der Waals surface area contributed by atoms with Crippen LogP contribution in [0.1, 0.15) is 24.3 Å². The molecule has 0 spiro atoms. The summed E-state index contributed by atoms with van der Waals surface area (Å²) >= 11 is 0. The zero-order chi connectivity index (χ0) is 9.84. The highest BCUT2D eigenvalue weighted by Gasteiger charge is 2.05. The summed E-state index contributed by atoms with van der Waals surface area (Å²) in [5.74, 6) is 1.63. The van der Waals surface area contributed by atoms with Crippen molar-refractivity contribution in [3.05, 3.63) is 30.0 Å². The molecule has 1 heterocycles. The summed E-state index contributed by atoms with van der Waals surface area (Å²) < 4.78 is 5.40. The third-order valence-electron chi connectivity index (χ3n) is 2.00. The van der Waals surface area contributed by atoms with Crippen molar-refractivity contribution in [1.29, 1.82) is 0 Å². The molecule has 0 fully saturated rings. The van der Waals surface area contributed by atoms with Gasteiger partial charge in [0.25, 0.3) is 0 Å². The van der Waals surface area contributed by atoms with Gasteiger partial charge >= 0.3 is 0 Å². The molecule has 0 saturated carbocycles. The molecular weight excluding hydrogens is 164 g/mol. The van der Waals surface area contributed by atoms with Gasteiger partial charge in [0.2, 0.25) is 5.89 Å². The molecule has 3 nitrogen and oxygen atoms in total. The Labute approximate surface area is 78.9 Å². The molecule has 0 aliphatic heterocycles. The molecule has 0 aliphatic rings. The fourth-order valence-corrected chi connectivity index (χ4v) is 0.946. The van der Waals surface area contributed by atoms with E-state index in [1.807, 2.05) is 26.8 Å². The second-order valence-corrected chi connectivity index (χ2v) is 3.15. The van der Waals surface area contributed by atoms with Crippen LogP contribution in [0.2, 0.25) is 0 Å². The molecule has 13 heavy (non-hydrogen) atoms. The quantitative estimate of drug-likeness (QED) is 0.720. The lowest BCUT2D eigenvalue weighted by atomic mass is 10.3. The van der Waals surface area contributed by atoms with Crippen molar-refractivity contribution in [2.75, 3.05) is 0 Å². The van der Waals surface area contributed by atoms with Crippen LogP contribution in [0.4, 0.5) is 0 Å². The molecular formula is C10H16N2O. The van der Waals surface area contributed by atoms with Gasteiger partial charge in [-0.1, -0.05) is 6.08 Å². The number of hydrogen-bond acceptors (Lipinski definition) is 3. The number of nitrogens with zero attached hydrogens (tertiary/aromatic N) is 1. The summed E-state index contributed by atoms with van der Waals surface area (Å²) in [6.07, 6.45) is 1.85. The summed E-state index contributed by atoms with van der Waals surface area (Å²) in [6.45, 7) is 10.2. The van der Waals surface area contributed by atoms with E-state index in [9.17, 15) is 0 Å². The zero-order valence-corrected chi connectivity index (χ0v) is 8.42. The highest BCUT2D eigenvalue weighted by Crippen LogP contribution is 2.07. The van der Waals surface area contributed by atoms with Gasteiger partial charge in [0, 0.05) is 6.04 Å². The van der Waals surface area contributed by atoms with Crippen LogP contribution in [0.3, 0.4) is 0 Å². The van der Waals surface area contributed by atoms with Crippen molar-refractivity contribution in [2.45, 2.75) is 33.4 Å². The predicted octanol–water partition coefficient (Wildman–Crippen LogP) is 1.96. The van der Waals surface area contributed by atoms with E-state index in [1.54, 1.807) is 0 Å². The van der Waals surface area contributed by atoms with Crippen molar-refractivity contribution in [2.24, 2.45) is 0 Å². The Hall–Kier alpha value is -1.09. The zero-order valence-electron chi connectivity index (χ0n) is 8.42. The van der Waals surface area contributed by atoms with Crippen molar-refractivity contribution in [3.63, 3.8) is 0 Å². The molecule has 1 unspecified atom stereocenters.